The van der Waals surface area contributed by atoms with Crippen molar-refractivity contribution >= 4 is 51.9 Å². The van der Waals surface area contributed by atoms with E-state index in [1.165, 1.54) is 28.1 Å². The van der Waals surface area contributed by atoms with E-state index in [0.717, 1.165) is 44.2 Å². The highest BCUT2D eigenvalue weighted by Crippen LogP contribution is 2.62. The third-order valence-electron chi connectivity index (χ3n) is 14.0. The van der Waals surface area contributed by atoms with Gasteiger partial charge in [0.25, 0.3) is 0 Å². The van der Waals surface area contributed by atoms with Gasteiger partial charge < -0.3 is 9.29 Å². The minimum absolute atomic E-state index is 0. The molecule has 0 saturated carbocycles. The summed E-state index contributed by atoms with van der Waals surface area (Å²) in [6, 6.07) is 75.5. The summed E-state index contributed by atoms with van der Waals surface area (Å²) in [5.74, 6) is -0.0166. The lowest BCUT2D eigenvalue weighted by Gasteiger charge is -2.34. The Kier molecular flexibility index (Phi) is 16.5. The predicted molar refractivity (Wildman–Crippen MR) is 300 cm³/mol. The van der Waals surface area contributed by atoms with Gasteiger partial charge >= 0.3 is 46.9 Å². The molecule has 0 bridgehead atoms. The molecule has 10 aromatic rings. The SMILES string of the molecule is C.F.O=S(=O)(OS(=O)(=O)C(F)(F)F)C(F)(F)F.O=S(=O)(Oc1cc2ccccc2c2c1-c1ccccc1C2(c1ccccc1)c1ccccc1)C(F)(F)F.Oc1cc2ccccc2c2c1-c1ccccc1C2(c1ccccc1)c1ccccc1. The zero-order valence-electron chi connectivity index (χ0n) is 42.2. The molecule has 22 heteroatoms. The fourth-order valence-electron chi connectivity index (χ4n) is 11.0. The van der Waals surface area contributed by atoms with E-state index in [1.807, 2.05) is 101 Å². The number of fused-ring (bicyclic) bond motifs is 10. The van der Waals surface area contributed by atoms with Crippen LogP contribution < -0.4 is 4.18 Å². The van der Waals surface area contributed by atoms with E-state index in [2.05, 4.69) is 103 Å². The summed E-state index contributed by atoms with van der Waals surface area (Å²) in [4.78, 5) is 0. The van der Waals surface area contributed by atoms with Crippen LogP contribution in [-0.4, -0.2) is 46.9 Å². The van der Waals surface area contributed by atoms with Crippen LogP contribution in [0.15, 0.2) is 231 Å². The first-order valence-corrected chi connectivity index (χ1v) is 28.6. The summed E-state index contributed by atoms with van der Waals surface area (Å²) < 4.78 is 180. The first-order chi connectivity index (χ1) is 38.8. The van der Waals surface area contributed by atoms with Crippen LogP contribution in [0.1, 0.15) is 51.9 Å². The van der Waals surface area contributed by atoms with Gasteiger partial charge in [-0.05, 0) is 89.3 Å². The summed E-state index contributed by atoms with van der Waals surface area (Å²) in [5, 5.41) is 14.8. The molecule has 9 nitrogen and oxygen atoms in total. The van der Waals surface area contributed by atoms with Crippen molar-refractivity contribution in [1.82, 2.24) is 0 Å². The lowest BCUT2D eigenvalue weighted by Crippen LogP contribution is -2.34. The Morgan fingerprint density at radius 2 is 0.667 bits per heavy atom. The minimum Gasteiger partial charge on any atom is -0.507 e. The van der Waals surface area contributed by atoms with Crippen LogP contribution in [0.4, 0.5) is 44.2 Å². The number of aromatic hydroxyl groups is 1. The van der Waals surface area contributed by atoms with E-state index in [-0.39, 0.29) is 17.9 Å². The lowest BCUT2D eigenvalue weighted by atomic mass is 9.66. The molecule has 0 atom stereocenters. The quantitative estimate of drug-likeness (QED) is 0.0894. The highest BCUT2D eigenvalue weighted by molar-refractivity contribution is 8.00. The standard InChI is InChI=1S/C30H19F3O3S.C29H20O.C2F6O5S2.CH4.FH/c31-30(32,33)37(34,35)36-26-19-20-11-7-8-16-23(20)28-27(26)24-17-9-10-18-25(24)29(28,21-12-3-1-4-13-21)22-14-5-2-6-15-22;30-26-19-20-11-7-8-16-23(20)28-27(26)24-17-9-10-18-25(24)29(28,21-12-3-1-4-13-21)22-14-5-2-6-15-22;3-1(4,5)14(9,10)13-15(11,12)2(6,7)8;;/h1-19H;1-19,30H;;1H4;1H. The smallest absolute Gasteiger partial charge is 0.507 e. The normalized spacial score (nSPS) is 13.9. The molecule has 0 unspecified atom stereocenters. The van der Waals surface area contributed by atoms with Crippen LogP contribution in [0, 0.1) is 0 Å². The second kappa shape index (κ2) is 22.5. The molecule has 0 fully saturated rings. The maximum absolute atomic E-state index is 13.4. The highest BCUT2D eigenvalue weighted by atomic mass is 32.3. The van der Waals surface area contributed by atoms with Crippen LogP contribution in [0.2, 0.25) is 0 Å². The molecule has 0 heterocycles. The van der Waals surface area contributed by atoms with Gasteiger partial charge in [0.2, 0.25) is 0 Å². The van der Waals surface area contributed by atoms with E-state index in [0.29, 0.717) is 27.8 Å². The Bertz CT molecular complexity index is 4290. The van der Waals surface area contributed by atoms with Crippen molar-refractivity contribution in [1.29, 1.82) is 0 Å². The molecule has 0 amide bonds. The first-order valence-electron chi connectivity index (χ1n) is 24.3. The molecule has 0 radical (unpaired) electrons. The summed E-state index contributed by atoms with van der Waals surface area (Å²) in [5.41, 5.74) is -8.44. The average molecular weight is 1220 g/mol. The van der Waals surface area contributed by atoms with Gasteiger partial charge in [0.1, 0.15) is 5.75 Å². The zero-order chi connectivity index (χ0) is 58.7. The molecule has 84 heavy (non-hydrogen) atoms. The average Bonchev–Trinajstić information content (AvgIpc) is 1.53. The molecule has 10 aromatic carbocycles. The van der Waals surface area contributed by atoms with Crippen molar-refractivity contribution in [3.8, 4) is 33.8 Å². The Balaban J connectivity index is 0.000000176. The van der Waals surface area contributed by atoms with Gasteiger partial charge in [0.15, 0.2) is 5.75 Å². The molecule has 2 aliphatic carbocycles. The summed E-state index contributed by atoms with van der Waals surface area (Å²) in [6.45, 7) is 0. The zero-order valence-corrected chi connectivity index (χ0v) is 44.6. The van der Waals surface area contributed by atoms with Crippen molar-refractivity contribution in [3.05, 3.63) is 275 Å². The maximum atomic E-state index is 13.4. The number of rotatable bonds is 8. The van der Waals surface area contributed by atoms with Crippen LogP contribution in [-0.2, 0) is 44.8 Å². The van der Waals surface area contributed by atoms with Crippen molar-refractivity contribution < 1.29 is 82.4 Å². The number of phenolic OH excluding ortho intramolecular Hbond substituents is 1. The van der Waals surface area contributed by atoms with Crippen molar-refractivity contribution in [2.45, 2.75) is 34.8 Å². The Morgan fingerprint density at radius 1 is 0.369 bits per heavy atom. The van der Waals surface area contributed by atoms with Crippen molar-refractivity contribution in [2.75, 3.05) is 0 Å². The molecule has 1 N–H and O–H groups in total. The summed E-state index contributed by atoms with van der Waals surface area (Å²) >= 11 is 0. The van der Waals surface area contributed by atoms with Crippen molar-refractivity contribution in [3.63, 3.8) is 0 Å². The monoisotopic (exact) mass is 1220 g/mol. The third-order valence-corrected chi connectivity index (χ3v) is 17.6. The largest absolute Gasteiger partial charge is 0.534 e. The third kappa shape index (κ3) is 10.3. The van der Waals surface area contributed by atoms with Crippen LogP contribution in [0.5, 0.6) is 11.5 Å². The molecule has 0 saturated heterocycles. The van der Waals surface area contributed by atoms with Crippen LogP contribution in [0.25, 0.3) is 43.8 Å². The second-order valence-electron chi connectivity index (χ2n) is 18.6. The lowest BCUT2D eigenvalue weighted by molar-refractivity contribution is -0.0586. The van der Waals surface area contributed by atoms with Gasteiger partial charge in [-0.25, -0.2) is 0 Å². The number of hydrogen-bond donors (Lipinski definition) is 1. The fourth-order valence-corrected chi connectivity index (χ4v) is 13.0. The number of benzene rings is 10. The molecule has 0 aliphatic heterocycles. The van der Waals surface area contributed by atoms with E-state index in [9.17, 15) is 69.9 Å². The Labute approximate surface area is 475 Å². The van der Waals surface area contributed by atoms with Gasteiger partial charge in [-0.1, -0.05) is 226 Å². The fraction of sp³-hybridized carbons (Fsp3) is 0.0968. The topological polar surface area (TPSA) is 141 Å². The summed E-state index contributed by atoms with van der Waals surface area (Å²) in [6.07, 6.45) is 0. The Morgan fingerprint density at radius 3 is 1.04 bits per heavy atom. The molecular weight excluding hydrogens is 1170 g/mol. The van der Waals surface area contributed by atoms with Crippen LogP contribution >= 0.6 is 0 Å². The van der Waals surface area contributed by atoms with Crippen LogP contribution in [0.3, 0.4) is 0 Å². The molecule has 0 aromatic heterocycles. The van der Waals surface area contributed by atoms with E-state index in [1.54, 1.807) is 24.3 Å². The molecule has 434 valence electrons. The van der Waals surface area contributed by atoms with Gasteiger partial charge in [0, 0.05) is 11.1 Å². The first kappa shape index (κ1) is 61.5. The number of alkyl halides is 9. The molecular formula is C62H44F10O9S3. The second-order valence-corrected chi connectivity index (χ2v) is 23.4. The summed E-state index contributed by atoms with van der Waals surface area (Å²) in [7, 11) is -19.6. The maximum Gasteiger partial charge on any atom is 0.534 e. The molecule has 2 aliphatic rings. The Hall–Kier alpha value is -8.57. The van der Waals surface area contributed by atoms with Gasteiger partial charge in [-0.2, -0.15) is 64.8 Å². The number of phenols is 1. The van der Waals surface area contributed by atoms with Crippen molar-refractivity contribution in [2.24, 2.45) is 0 Å². The highest BCUT2D eigenvalue weighted by Gasteiger charge is 2.58. The minimum atomic E-state index is -6.85. The molecule has 0 spiro atoms. The number of halogens is 10. The molecule has 12 rings (SSSR count). The van der Waals surface area contributed by atoms with E-state index < -0.39 is 57.7 Å². The van der Waals surface area contributed by atoms with Gasteiger partial charge in [-0.3, -0.25) is 4.70 Å². The van der Waals surface area contributed by atoms with Gasteiger partial charge in [-0.15, -0.1) is 3.63 Å². The van der Waals surface area contributed by atoms with E-state index >= 15 is 0 Å². The van der Waals surface area contributed by atoms with E-state index in [4.69, 9.17) is 4.18 Å². The number of hydrogen-bond acceptors (Lipinski definition) is 9. The van der Waals surface area contributed by atoms with Gasteiger partial charge in [0.05, 0.1) is 10.8 Å². The predicted octanol–water partition coefficient (Wildman–Crippen LogP) is 15.8.